The zero-order valence-electron chi connectivity index (χ0n) is 10.0. The zero-order chi connectivity index (χ0) is 12.1. The highest BCUT2D eigenvalue weighted by molar-refractivity contribution is 5.94. The van der Waals surface area contributed by atoms with Crippen LogP contribution >= 0.6 is 0 Å². The molecule has 4 heteroatoms. The molecule has 18 heavy (non-hydrogen) atoms. The monoisotopic (exact) mass is 241 g/mol. The van der Waals surface area contributed by atoms with E-state index in [0.717, 1.165) is 23.2 Å². The number of fused-ring (bicyclic) bond motifs is 3. The predicted molar refractivity (Wildman–Crippen MR) is 68.8 cm³/mol. The van der Waals surface area contributed by atoms with Crippen molar-refractivity contribution in [2.75, 3.05) is 0 Å². The van der Waals surface area contributed by atoms with E-state index in [-0.39, 0.29) is 6.04 Å². The van der Waals surface area contributed by atoms with Crippen molar-refractivity contribution in [1.29, 1.82) is 0 Å². The molecule has 1 N–H and O–H groups in total. The predicted octanol–water partition coefficient (Wildman–Crippen LogP) is 2.84. The molecule has 2 fully saturated rings. The first-order valence-corrected chi connectivity index (χ1v) is 6.52. The molecule has 0 radical (unpaired) electrons. The fraction of sp³-hybridized carbons (Fsp3) is 0.429. The lowest BCUT2D eigenvalue weighted by molar-refractivity contribution is 0.307. The highest BCUT2D eigenvalue weighted by Crippen LogP contribution is 2.49. The van der Waals surface area contributed by atoms with Gasteiger partial charge in [0.05, 0.1) is 29.1 Å². The number of imidazole rings is 1. The molecule has 1 aromatic heterocycles. The van der Waals surface area contributed by atoms with Crippen LogP contribution in [0.4, 0.5) is 0 Å². The van der Waals surface area contributed by atoms with Gasteiger partial charge in [-0.25, -0.2) is 4.98 Å². The van der Waals surface area contributed by atoms with Gasteiger partial charge in [0, 0.05) is 5.92 Å². The van der Waals surface area contributed by atoms with E-state index in [9.17, 15) is 5.21 Å². The molecule has 2 bridgehead atoms. The molecule has 2 aliphatic rings. The fourth-order valence-corrected chi connectivity index (χ4v) is 3.77. The van der Waals surface area contributed by atoms with Crippen LogP contribution in [0.25, 0.3) is 11.0 Å². The Bertz CT molecular complexity index is 631. The third-order valence-corrected chi connectivity index (χ3v) is 4.54. The number of benzene rings is 1. The second kappa shape index (κ2) is 3.57. The summed E-state index contributed by atoms with van der Waals surface area (Å²) in [5, 5.41) is 12.9. The SMILES string of the molecule is O/N=C1/[C@H]2CC[C@@H](C2)[C@@H]1n1cnc2ccccc21. The molecule has 1 aromatic carbocycles. The van der Waals surface area contributed by atoms with Gasteiger partial charge in [0.2, 0.25) is 0 Å². The van der Waals surface area contributed by atoms with E-state index in [0.29, 0.717) is 11.8 Å². The first kappa shape index (κ1) is 10.1. The van der Waals surface area contributed by atoms with Gasteiger partial charge in [-0.2, -0.15) is 0 Å². The highest BCUT2D eigenvalue weighted by Gasteiger charge is 2.46. The van der Waals surface area contributed by atoms with Gasteiger partial charge in [-0.1, -0.05) is 17.3 Å². The lowest BCUT2D eigenvalue weighted by Crippen LogP contribution is -2.25. The largest absolute Gasteiger partial charge is 0.411 e. The van der Waals surface area contributed by atoms with Gasteiger partial charge in [0.25, 0.3) is 0 Å². The number of para-hydroxylation sites is 2. The highest BCUT2D eigenvalue weighted by atomic mass is 16.4. The zero-order valence-corrected chi connectivity index (χ0v) is 10.0. The average molecular weight is 241 g/mol. The fourth-order valence-electron chi connectivity index (χ4n) is 3.77. The summed E-state index contributed by atoms with van der Waals surface area (Å²) in [6.45, 7) is 0. The normalized spacial score (nSPS) is 32.7. The van der Waals surface area contributed by atoms with Crippen LogP contribution in [0.5, 0.6) is 0 Å². The average Bonchev–Trinajstić information content (AvgIpc) is 3.11. The number of hydrogen-bond donors (Lipinski definition) is 1. The summed E-state index contributed by atoms with van der Waals surface area (Å²) in [7, 11) is 0. The van der Waals surface area contributed by atoms with Crippen LogP contribution in [-0.2, 0) is 0 Å². The van der Waals surface area contributed by atoms with Crippen molar-refractivity contribution in [3.05, 3.63) is 30.6 Å². The number of hydrogen-bond acceptors (Lipinski definition) is 3. The number of aromatic nitrogens is 2. The lowest BCUT2D eigenvalue weighted by Gasteiger charge is -2.24. The quantitative estimate of drug-likeness (QED) is 0.616. The standard InChI is InChI=1S/C14H15N3O/c18-16-13-9-5-6-10(7-9)14(13)17-8-15-11-3-1-2-4-12(11)17/h1-4,8-10,14,18H,5-7H2/b16-13-/t9-,10-,14-/m0/s1. The van der Waals surface area contributed by atoms with Crippen molar-refractivity contribution in [3.8, 4) is 0 Å². The van der Waals surface area contributed by atoms with Crippen LogP contribution in [0, 0.1) is 11.8 Å². The van der Waals surface area contributed by atoms with Gasteiger partial charge < -0.3 is 9.77 Å². The molecular formula is C14H15N3O. The molecule has 0 unspecified atom stereocenters. The molecule has 1 heterocycles. The molecule has 0 spiro atoms. The van der Waals surface area contributed by atoms with Crippen molar-refractivity contribution in [1.82, 2.24) is 9.55 Å². The Hall–Kier alpha value is -1.84. The van der Waals surface area contributed by atoms with E-state index in [1.165, 1.54) is 12.8 Å². The smallest absolute Gasteiger partial charge is 0.0964 e. The van der Waals surface area contributed by atoms with Crippen molar-refractivity contribution in [2.24, 2.45) is 17.0 Å². The molecular weight excluding hydrogens is 226 g/mol. The summed E-state index contributed by atoms with van der Waals surface area (Å²) in [4.78, 5) is 4.44. The molecule has 2 saturated carbocycles. The van der Waals surface area contributed by atoms with Gasteiger partial charge in [0.15, 0.2) is 0 Å². The van der Waals surface area contributed by atoms with E-state index >= 15 is 0 Å². The molecule has 3 atom stereocenters. The molecule has 2 aliphatic carbocycles. The molecule has 2 aromatic rings. The lowest BCUT2D eigenvalue weighted by atomic mass is 9.93. The molecule has 4 rings (SSSR count). The molecule has 4 nitrogen and oxygen atoms in total. The Kier molecular flexibility index (Phi) is 2.01. The van der Waals surface area contributed by atoms with Crippen LogP contribution < -0.4 is 0 Å². The minimum absolute atomic E-state index is 0.209. The van der Waals surface area contributed by atoms with E-state index in [1.807, 2.05) is 24.5 Å². The van der Waals surface area contributed by atoms with Crippen molar-refractivity contribution in [2.45, 2.75) is 25.3 Å². The Morgan fingerprint density at radius 3 is 3.06 bits per heavy atom. The first-order chi connectivity index (χ1) is 8.88. The van der Waals surface area contributed by atoms with Crippen molar-refractivity contribution >= 4 is 16.7 Å². The van der Waals surface area contributed by atoms with Gasteiger partial charge in [-0.05, 0) is 37.3 Å². The van der Waals surface area contributed by atoms with Crippen LogP contribution in [0.15, 0.2) is 35.7 Å². The van der Waals surface area contributed by atoms with Crippen LogP contribution in [0.3, 0.4) is 0 Å². The second-order valence-electron chi connectivity index (χ2n) is 5.38. The number of oxime groups is 1. The number of rotatable bonds is 1. The summed E-state index contributed by atoms with van der Waals surface area (Å²) in [6, 6.07) is 8.35. The number of nitrogens with zero attached hydrogens (tertiary/aromatic N) is 3. The minimum atomic E-state index is 0.209. The van der Waals surface area contributed by atoms with Crippen molar-refractivity contribution < 1.29 is 5.21 Å². The van der Waals surface area contributed by atoms with Crippen molar-refractivity contribution in [3.63, 3.8) is 0 Å². The first-order valence-electron chi connectivity index (χ1n) is 6.52. The van der Waals surface area contributed by atoms with E-state index in [4.69, 9.17) is 0 Å². The van der Waals surface area contributed by atoms with E-state index in [2.05, 4.69) is 20.8 Å². The van der Waals surface area contributed by atoms with E-state index < -0.39 is 0 Å². The molecule has 92 valence electrons. The van der Waals surface area contributed by atoms with Gasteiger partial charge in [-0.3, -0.25) is 0 Å². The van der Waals surface area contributed by atoms with Gasteiger partial charge in [-0.15, -0.1) is 0 Å². The van der Waals surface area contributed by atoms with Crippen LogP contribution in [0.1, 0.15) is 25.3 Å². The molecule has 0 saturated heterocycles. The van der Waals surface area contributed by atoms with Gasteiger partial charge >= 0.3 is 0 Å². The second-order valence-corrected chi connectivity index (χ2v) is 5.38. The van der Waals surface area contributed by atoms with Gasteiger partial charge in [0.1, 0.15) is 0 Å². The maximum Gasteiger partial charge on any atom is 0.0964 e. The summed E-state index contributed by atoms with van der Waals surface area (Å²) in [5.41, 5.74) is 3.10. The van der Waals surface area contributed by atoms with E-state index in [1.54, 1.807) is 0 Å². The van der Waals surface area contributed by atoms with Crippen LogP contribution in [0.2, 0.25) is 0 Å². The summed E-state index contributed by atoms with van der Waals surface area (Å²) in [5.74, 6) is 1.09. The maximum absolute atomic E-state index is 9.28. The Balaban J connectivity index is 1.88. The molecule has 0 aliphatic heterocycles. The summed E-state index contributed by atoms with van der Waals surface area (Å²) >= 11 is 0. The Morgan fingerprint density at radius 2 is 2.17 bits per heavy atom. The Morgan fingerprint density at radius 1 is 1.28 bits per heavy atom. The summed E-state index contributed by atoms with van der Waals surface area (Å²) < 4.78 is 2.19. The third-order valence-electron chi connectivity index (χ3n) is 4.54. The maximum atomic E-state index is 9.28. The van der Waals surface area contributed by atoms with Crippen LogP contribution in [-0.4, -0.2) is 20.5 Å². The summed E-state index contributed by atoms with van der Waals surface area (Å²) in [6.07, 6.45) is 5.46. The third kappa shape index (κ3) is 1.20. The topological polar surface area (TPSA) is 50.4 Å². The minimum Gasteiger partial charge on any atom is -0.411 e. The Labute approximate surface area is 105 Å². The molecule has 0 amide bonds.